The van der Waals surface area contributed by atoms with Gasteiger partial charge in [-0.05, 0) is 30.7 Å². The summed E-state index contributed by atoms with van der Waals surface area (Å²) in [6.07, 6.45) is 6.34. The first-order valence-electron chi connectivity index (χ1n) is 10.1. The molecule has 3 heterocycles. The Kier molecular flexibility index (Phi) is 5.13. The summed E-state index contributed by atoms with van der Waals surface area (Å²) < 4.78 is 29.2. The quantitative estimate of drug-likeness (QED) is 0.653. The van der Waals surface area contributed by atoms with E-state index >= 15 is 0 Å². The Morgan fingerprint density at radius 3 is 2.71 bits per heavy atom. The highest BCUT2D eigenvalue weighted by Gasteiger charge is 2.39. The highest BCUT2D eigenvalue weighted by atomic mass is 32.2. The topological polar surface area (TPSA) is 96.2 Å². The van der Waals surface area contributed by atoms with E-state index in [1.165, 1.54) is 0 Å². The summed E-state index contributed by atoms with van der Waals surface area (Å²) >= 11 is 0. The Balaban J connectivity index is 1.66. The molecule has 1 aliphatic rings. The van der Waals surface area contributed by atoms with Gasteiger partial charge in [0.05, 0.1) is 17.5 Å². The predicted molar refractivity (Wildman–Crippen MR) is 109 cm³/mol. The second kappa shape index (κ2) is 7.44. The van der Waals surface area contributed by atoms with E-state index in [0.29, 0.717) is 19.0 Å². The highest BCUT2D eigenvalue weighted by molar-refractivity contribution is 7.89. The van der Waals surface area contributed by atoms with Crippen molar-refractivity contribution in [1.82, 2.24) is 28.9 Å². The van der Waals surface area contributed by atoms with Crippen LogP contribution < -0.4 is 0 Å². The number of H-pyrrole nitrogens is 1. The molecule has 0 aliphatic heterocycles. The molecule has 8 nitrogen and oxygen atoms in total. The minimum atomic E-state index is -3.22. The number of aromatic amines is 1. The minimum Gasteiger partial charge on any atom is -0.345 e. The summed E-state index contributed by atoms with van der Waals surface area (Å²) in [5.41, 5.74) is 2.50. The zero-order valence-corrected chi connectivity index (χ0v) is 17.5. The Labute approximate surface area is 165 Å². The molecule has 1 fully saturated rings. The summed E-state index contributed by atoms with van der Waals surface area (Å²) in [4.78, 5) is 7.52. The van der Waals surface area contributed by atoms with E-state index in [1.54, 1.807) is 10.5 Å². The van der Waals surface area contributed by atoms with Gasteiger partial charge in [0.2, 0.25) is 10.0 Å². The van der Waals surface area contributed by atoms with Gasteiger partial charge in [0.25, 0.3) is 0 Å². The number of rotatable bonds is 7. The number of hydrogen-bond acceptors (Lipinski definition) is 5. The van der Waals surface area contributed by atoms with Crippen molar-refractivity contribution in [2.24, 2.45) is 11.8 Å². The van der Waals surface area contributed by atoms with Crippen molar-refractivity contribution in [3.63, 3.8) is 0 Å². The molecule has 0 saturated heterocycles. The summed E-state index contributed by atoms with van der Waals surface area (Å²) in [5, 5.41) is 8.83. The molecule has 0 amide bonds. The minimum absolute atomic E-state index is 0.149. The van der Waals surface area contributed by atoms with Gasteiger partial charge >= 0.3 is 0 Å². The zero-order valence-electron chi connectivity index (χ0n) is 16.7. The van der Waals surface area contributed by atoms with E-state index in [2.05, 4.69) is 31.5 Å². The van der Waals surface area contributed by atoms with Crippen molar-refractivity contribution in [3.05, 3.63) is 24.3 Å². The van der Waals surface area contributed by atoms with Crippen LogP contribution in [0.15, 0.2) is 18.5 Å². The van der Waals surface area contributed by atoms with Crippen LogP contribution in [0.25, 0.3) is 16.8 Å². The van der Waals surface area contributed by atoms with Crippen LogP contribution in [0.5, 0.6) is 0 Å². The van der Waals surface area contributed by atoms with E-state index < -0.39 is 10.0 Å². The fourth-order valence-corrected chi connectivity index (χ4v) is 6.67. The molecule has 1 saturated carbocycles. The average molecular weight is 405 g/mol. The summed E-state index contributed by atoms with van der Waals surface area (Å²) in [6, 6.07) is 1.99. The number of nitrogens with one attached hydrogen (secondary N) is 1. The van der Waals surface area contributed by atoms with E-state index in [1.807, 2.05) is 26.1 Å². The van der Waals surface area contributed by atoms with E-state index in [-0.39, 0.29) is 17.6 Å². The number of hydrogen-bond donors (Lipinski definition) is 1. The third-order valence-electron chi connectivity index (χ3n) is 6.16. The molecule has 1 N–H and O–H groups in total. The van der Waals surface area contributed by atoms with Gasteiger partial charge in [-0.3, -0.25) is 4.40 Å². The standard InChI is InChI=1S/C19H28N6O2S/c1-4-14-9-13(12-28(26,27)24(5-2)6-3)10-15(14)19-23-22-17-11-21-18-16(25(17)19)7-8-20-18/h7-8,11,13-15,20H,4-6,9-10,12H2,1-3H3/t13-,14-,15+/m0/s1. The molecule has 152 valence electrons. The maximum atomic E-state index is 12.8. The van der Waals surface area contributed by atoms with Gasteiger partial charge in [-0.25, -0.2) is 17.7 Å². The van der Waals surface area contributed by atoms with Crippen LogP contribution in [0.2, 0.25) is 0 Å². The number of fused-ring (bicyclic) bond motifs is 3. The molecule has 0 aromatic carbocycles. The van der Waals surface area contributed by atoms with E-state index in [0.717, 1.165) is 41.9 Å². The van der Waals surface area contributed by atoms with Crippen molar-refractivity contribution < 1.29 is 8.42 Å². The van der Waals surface area contributed by atoms with Gasteiger partial charge in [0, 0.05) is 25.2 Å². The third kappa shape index (κ3) is 3.20. The largest absolute Gasteiger partial charge is 0.345 e. The normalized spacial score (nSPS) is 23.4. The molecule has 3 atom stereocenters. The molecular formula is C19H28N6O2S. The summed E-state index contributed by atoms with van der Waals surface area (Å²) in [5.74, 6) is 1.91. The van der Waals surface area contributed by atoms with Crippen molar-refractivity contribution in [2.75, 3.05) is 18.8 Å². The Morgan fingerprint density at radius 1 is 1.21 bits per heavy atom. The van der Waals surface area contributed by atoms with Crippen LogP contribution in [0.4, 0.5) is 0 Å². The second-order valence-electron chi connectivity index (χ2n) is 7.70. The van der Waals surface area contributed by atoms with Crippen LogP contribution in [0.1, 0.15) is 51.8 Å². The smallest absolute Gasteiger partial charge is 0.214 e. The lowest BCUT2D eigenvalue weighted by Crippen LogP contribution is -2.34. The van der Waals surface area contributed by atoms with E-state index in [4.69, 9.17) is 0 Å². The molecule has 3 aromatic rings. The highest BCUT2D eigenvalue weighted by Crippen LogP contribution is 2.45. The first-order chi connectivity index (χ1) is 13.5. The molecule has 0 radical (unpaired) electrons. The predicted octanol–water partition coefficient (Wildman–Crippen LogP) is 2.80. The van der Waals surface area contributed by atoms with Gasteiger partial charge in [0.15, 0.2) is 11.3 Å². The molecule has 3 aromatic heterocycles. The average Bonchev–Trinajstić information content (AvgIpc) is 3.38. The lowest BCUT2D eigenvalue weighted by molar-refractivity contribution is 0.429. The first-order valence-corrected chi connectivity index (χ1v) is 11.7. The Bertz CT molecular complexity index is 1070. The molecule has 9 heteroatoms. The molecule has 1 aliphatic carbocycles. The number of sulfonamides is 1. The van der Waals surface area contributed by atoms with Gasteiger partial charge in [-0.1, -0.05) is 27.2 Å². The summed E-state index contributed by atoms with van der Waals surface area (Å²) in [7, 11) is -3.22. The van der Waals surface area contributed by atoms with Gasteiger partial charge < -0.3 is 4.98 Å². The molecule has 4 rings (SSSR count). The van der Waals surface area contributed by atoms with Crippen LogP contribution in [0.3, 0.4) is 0 Å². The molecule has 0 spiro atoms. The molecular weight excluding hydrogens is 376 g/mol. The van der Waals surface area contributed by atoms with Gasteiger partial charge in [0.1, 0.15) is 5.82 Å². The van der Waals surface area contributed by atoms with Crippen LogP contribution in [0, 0.1) is 11.8 Å². The van der Waals surface area contributed by atoms with Crippen molar-refractivity contribution >= 4 is 26.8 Å². The Hall–Kier alpha value is -2.00. The summed E-state index contributed by atoms with van der Waals surface area (Å²) in [6.45, 7) is 7.02. The maximum absolute atomic E-state index is 12.8. The SMILES string of the molecule is CC[C@H]1C[C@H](CS(=O)(=O)N(CC)CC)C[C@H]1c1nnc2cnc3[nH]ccc3n12. The third-order valence-corrected chi connectivity index (χ3v) is 8.36. The number of aromatic nitrogens is 5. The first kappa shape index (κ1) is 19.3. The fourth-order valence-electron chi connectivity index (χ4n) is 4.80. The van der Waals surface area contributed by atoms with Crippen LogP contribution >= 0.6 is 0 Å². The van der Waals surface area contributed by atoms with Crippen molar-refractivity contribution in [3.8, 4) is 0 Å². The monoisotopic (exact) mass is 404 g/mol. The van der Waals surface area contributed by atoms with Crippen molar-refractivity contribution in [2.45, 2.75) is 46.0 Å². The lowest BCUT2D eigenvalue weighted by Gasteiger charge is -2.20. The molecule has 0 bridgehead atoms. The Morgan fingerprint density at radius 2 is 2.00 bits per heavy atom. The van der Waals surface area contributed by atoms with Crippen LogP contribution in [-0.2, 0) is 10.0 Å². The lowest BCUT2D eigenvalue weighted by atomic mass is 9.93. The fraction of sp³-hybridized carbons (Fsp3) is 0.632. The van der Waals surface area contributed by atoms with Gasteiger partial charge in [-0.2, -0.15) is 0 Å². The van der Waals surface area contributed by atoms with Gasteiger partial charge in [-0.15, -0.1) is 10.2 Å². The van der Waals surface area contributed by atoms with Crippen molar-refractivity contribution in [1.29, 1.82) is 0 Å². The maximum Gasteiger partial charge on any atom is 0.214 e. The molecule has 28 heavy (non-hydrogen) atoms. The van der Waals surface area contributed by atoms with E-state index in [9.17, 15) is 8.42 Å². The molecule has 0 unspecified atom stereocenters. The second-order valence-corrected chi connectivity index (χ2v) is 9.71. The number of nitrogens with zero attached hydrogens (tertiary/aromatic N) is 5. The zero-order chi connectivity index (χ0) is 19.9. The van der Waals surface area contributed by atoms with Crippen LogP contribution in [-0.4, -0.2) is 56.1 Å².